The monoisotopic (exact) mass is 546 g/mol. The standard InChI is InChI=1S/C32H42N4O4/c1-19(37)12-22-18-34(29(22)32(39)40)30-31(38)36(28-11-3-2-10-27(28)33-30)26-16-23-8-5-9-24(17-26)35(23)25-14-20-6-4-7-21(13-20)15-25/h2-3,10-11,20-26,29H,4-9,12-18H2,1H3,(H,39,40)/t20-,21+,22-,23-,24+,25?,26?,29+/m1/s1. The molecule has 8 nitrogen and oxygen atoms in total. The minimum absolute atomic E-state index is 0.0281. The molecule has 2 saturated carbocycles. The van der Waals surface area contributed by atoms with E-state index in [0.717, 1.165) is 35.7 Å². The van der Waals surface area contributed by atoms with Crippen molar-refractivity contribution in [1.29, 1.82) is 0 Å². The van der Waals surface area contributed by atoms with Gasteiger partial charge in [0.15, 0.2) is 5.82 Å². The summed E-state index contributed by atoms with van der Waals surface area (Å²) in [5.74, 6) is 0.692. The summed E-state index contributed by atoms with van der Waals surface area (Å²) in [6.45, 7) is 1.86. The molecule has 2 unspecified atom stereocenters. The highest BCUT2D eigenvalue weighted by molar-refractivity contribution is 5.84. The number of fused-ring (bicyclic) bond motifs is 5. The maximum atomic E-state index is 14.2. The van der Waals surface area contributed by atoms with Gasteiger partial charge in [-0.3, -0.25) is 9.69 Å². The molecule has 2 aliphatic carbocycles. The second-order valence-corrected chi connectivity index (χ2v) is 13.5. The Morgan fingerprint density at radius 2 is 1.57 bits per heavy atom. The first-order chi connectivity index (χ1) is 19.4. The Hall–Kier alpha value is -2.74. The lowest BCUT2D eigenvalue weighted by molar-refractivity contribution is -0.142. The Bertz CT molecular complexity index is 1350. The van der Waals surface area contributed by atoms with Crippen LogP contribution in [-0.4, -0.2) is 62.0 Å². The number of rotatable bonds is 6. The molecular formula is C32H42N4O4. The number of aliphatic carboxylic acids is 1. The van der Waals surface area contributed by atoms with E-state index in [4.69, 9.17) is 4.98 Å². The van der Waals surface area contributed by atoms with E-state index >= 15 is 0 Å². The van der Waals surface area contributed by atoms with Crippen molar-refractivity contribution in [2.24, 2.45) is 17.8 Å². The zero-order chi connectivity index (χ0) is 27.5. The summed E-state index contributed by atoms with van der Waals surface area (Å²) in [5.41, 5.74) is 1.38. The van der Waals surface area contributed by atoms with Gasteiger partial charge in [0.1, 0.15) is 11.8 Å². The summed E-state index contributed by atoms with van der Waals surface area (Å²) < 4.78 is 1.97. The average Bonchev–Trinajstić information content (AvgIpc) is 2.89. The minimum Gasteiger partial charge on any atom is -0.480 e. The number of benzene rings is 1. The first-order valence-electron chi connectivity index (χ1n) is 15.6. The van der Waals surface area contributed by atoms with E-state index in [2.05, 4.69) is 4.90 Å². The van der Waals surface area contributed by atoms with Gasteiger partial charge < -0.3 is 19.4 Å². The lowest BCUT2D eigenvalue weighted by atomic mass is 9.68. The van der Waals surface area contributed by atoms with Crippen molar-refractivity contribution in [3.05, 3.63) is 34.6 Å². The molecule has 0 spiro atoms. The van der Waals surface area contributed by atoms with Crippen LogP contribution in [0.4, 0.5) is 5.82 Å². The smallest absolute Gasteiger partial charge is 0.326 e. The Morgan fingerprint density at radius 1 is 0.900 bits per heavy atom. The highest BCUT2D eigenvalue weighted by Crippen LogP contribution is 2.47. The van der Waals surface area contributed by atoms with Gasteiger partial charge in [-0.05, 0) is 75.8 Å². The average molecular weight is 547 g/mol. The second kappa shape index (κ2) is 10.3. The first kappa shape index (κ1) is 26.2. The third-order valence-corrected chi connectivity index (χ3v) is 11.0. The molecule has 3 aliphatic heterocycles. The fraction of sp³-hybridized carbons (Fsp3) is 0.688. The van der Waals surface area contributed by atoms with Gasteiger partial charge in [0.2, 0.25) is 0 Å². The number of piperidine rings is 2. The van der Waals surface area contributed by atoms with Crippen molar-refractivity contribution in [1.82, 2.24) is 14.5 Å². The minimum atomic E-state index is -1.00. The molecule has 4 bridgehead atoms. The van der Waals surface area contributed by atoms with Crippen LogP contribution >= 0.6 is 0 Å². The van der Waals surface area contributed by atoms with Crippen molar-refractivity contribution >= 4 is 28.6 Å². The Balaban J connectivity index is 1.22. The van der Waals surface area contributed by atoms with Crippen LogP contribution in [0.15, 0.2) is 29.1 Å². The number of anilines is 1. The number of carboxylic acids is 1. The molecule has 5 aliphatic rings. The van der Waals surface area contributed by atoms with Crippen LogP contribution in [-0.2, 0) is 9.59 Å². The number of aromatic nitrogens is 2. The highest BCUT2D eigenvalue weighted by atomic mass is 16.4. The molecule has 0 radical (unpaired) electrons. The molecule has 1 N–H and O–H groups in total. The molecule has 1 aromatic heterocycles. The summed E-state index contributed by atoms with van der Waals surface area (Å²) in [6, 6.07) is 8.67. The zero-order valence-corrected chi connectivity index (χ0v) is 23.6. The van der Waals surface area contributed by atoms with Crippen LogP contribution in [0, 0.1) is 17.8 Å². The van der Waals surface area contributed by atoms with Crippen LogP contribution in [0.2, 0.25) is 0 Å². The van der Waals surface area contributed by atoms with E-state index in [1.54, 1.807) is 4.90 Å². The van der Waals surface area contributed by atoms with Gasteiger partial charge in [0, 0.05) is 43.1 Å². The second-order valence-electron chi connectivity index (χ2n) is 13.5. The fourth-order valence-corrected chi connectivity index (χ4v) is 9.51. The van der Waals surface area contributed by atoms with Gasteiger partial charge in [0.25, 0.3) is 5.56 Å². The summed E-state index contributed by atoms with van der Waals surface area (Å²) >= 11 is 0. The van der Waals surface area contributed by atoms with E-state index in [-0.39, 0.29) is 35.5 Å². The van der Waals surface area contributed by atoms with Crippen molar-refractivity contribution in [3.8, 4) is 0 Å². The third kappa shape index (κ3) is 4.47. The quantitative estimate of drug-likeness (QED) is 0.557. The van der Waals surface area contributed by atoms with Crippen LogP contribution in [0.1, 0.15) is 90.0 Å². The SMILES string of the molecule is CC(=O)C[C@@H]1CN(c2nc3ccccc3n(C3C[C@H]4CCC[C@@H](C3)N4C3C[C@H]4CCC[C@@H](C3)C4)c2=O)[C@@H]1C(=O)O. The van der Waals surface area contributed by atoms with Gasteiger partial charge in [-0.25, -0.2) is 9.78 Å². The summed E-state index contributed by atoms with van der Waals surface area (Å²) in [7, 11) is 0. The predicted octanol–water partition coefficient (Wildman–Crippen LogP) is 4.79. The van der Waals surface area contributed by atoms with E-state index in [9.17, 15) is 19.5 Å². The molecule has 40 heavy (non-hydrogen) atoms. The zero-order valence-electron chi connectivity index (χ0n) is 23.6. The number of Topliss-reactive ketones (excluding diaryl/α,β-unsaturated/α-hetero) is 1. The molecule has 214 valence electrons. The number of nitrogens with zero attached hydrogens (tertiary/aromatic N) is 4. The number of ketones is 1. The van der Waals surface area contributed by atoms with E-state index in [0.29, 0.717) is 24.7 Å². The van der Waals surface area contributed by atoms with Crippen molar-refractivity contribution in [2.75, 3.05) is 11.4 Å². The molecule has 2 aromatic rings. The van der Waals surface area contributed by atoms with Gasteiger partial charge in [-0.15, -0.1) is 0 Å². The molecule has 0 amide bonds. The Kier molecular flexibility index (Phi) is 6.72. The van der Waals surface area contributed by atoms with Crippen molar-refractivity contribution < 1.29 is 14.7 Å². The number of para-hydroxylation sites is 2. The number of carbonyl (C=O) groups is 2. The highest BCUT2D eigenvalue weighted by Gasteiger charge is 2.48. The first-order valence-corrected chi connectivity index (χ1v) is 15.6. The van der Waals surface area contributed by atoms with E-state index in [1.165, 1.54) is 64.7 Å². The molecule has 4 heterocycles. The molecule has 8 atom stereocenters. The molecule has 3 saturated heterocycles. The number of carboxylic acid groups (broad SMARTS) is 1. The van der Waals surface area contributed by atoms with Crippen LogP contribution in [0.25, 0.3) is 11.0 Å². The van der Waals surface area contributed by atoms with Crippen molar-refractivity contribution in [3.63, 3.8) is 0 Å². The van der Waals surface area contributed by atoms with Crippen LogP contribution in [0.5, 0.6) is 0 Å². The summed E-state index contributed by atoms with van der Waals surface area (Å²) in [4.78, 5) is 47.5. The molecule has 7 rings (SSSR count). The molecule has 5 fully saturated rings. The number of hydrogen-bond donors (Lipinski definition) is 1. The maximum Gasteiger partial charge on any atom is 0.326 e. The predicted molar refractivity (Wildman–Crippen MR) is 154 cm³/mol. The normalized spacial score (nSPS) is 35.8. The summed E-state index contributed by atoms with van der Waals surface area (Å²) in [6.07, 6.45) is 14.1. The molecular weight excluding hydrogens is 504 g/mol. The van der Waals surface area contributed by atoms with Crippen molar-refractivity contribution in [2.45, 2.75) is 114 Å². The lowest BCUT2D eigenvalue weighted by Gasteiger charge is -2.55. The topological polar surface area (TPSA) is 95.7 Å². The van der Waals surface area contributed by atoms with Gasteiger partial charge in [-0.2, -0.15) is 0 Å². The van der Waals surface area contributed by atoms with Gasteiger partial charge in [-0.1, -0.05) is 37.8 Å². The van der Waals surface area contributed by atoms with E-state index < -0.39 is 12.0 Å². The number of carbonyl (C=O) groups excluding carboxylic acids is 1. The Morgan fingerprint density at radius 3 is 2.25 bits per heavy atom. The third-order valence-electron chi connectivity index (χ3n) is 11.0. The fourth-order valence-electron chi connectivity index (χ4n) is 9.51. The van der Waals surface area contributed by atoms with Gasteiger partial charge in [0.05, 0.1) is 11.0 Å². The lowest BCUT2D eigenvalue weighted by Crippen LogP contribution is -2.63. The molecule has 8 heteroatoms. The largest absolute Gasteiger partial charge is 0.480 e. The maximum absolute atomic E-state index is 14.2. The van der Waals surface area contributed by atoms with Gasteiger partial charge >= 0.3 is 5.97 Å². The number of hydrogen-bond acceptors (Lipinski definition) is 6. The van der Waals surface area contributed by atoms with E-state index in [1.807, 2.05) is 28.8 Å². The molecule has 1 aromatic carbocycles. The van der Waals surface area contributed by atoms with Crippen LogP contribution in [0.3, 0.4) is 0 Å². The van der Waals surface area contributed by atoms with Crippen LogP contribution < -0.4 is 10.5 Å². The summed E-state index contributed by atoms with van der Waals surface area (Å²) in [5, 5.41) is 10.00. The Labute approximate surface area is 235 Å².